The van der Waals surface area contributed by atoms with Crippen molar-refractivity contribution in [3.05, 3.63) is 27.7 Å². The number of carbonyl (C=O) groups is 1. The van der Waals surface area contributed by atoms with Gasteiger partial charge < -0.3 is 16.2 Å². The normalized spacial score (nSPS) is 22.8. The standard InChI is InChI=1S/C14H18Cl2N2O2/c15-11-5-8(6-12(16)14(11)17)13(20)7-18-9-1-3-10(19)4-2-9/h5-6,9-10,18-19H,1-4,7,17H2. The lowest BCUT2D eigenvalue weighted by Gasteiger charge is -2.26. The fourth-order valence-electron chi connectivity index (χ4n) is 2.36. The number of halogens is 2. The Labute approximate surface area is 128 Å². The van der Waals surface area contributed by atoms with Gasteiger partial charge in [-0.2, -0.15) is 0 Å². The first-order valence-corrected chi connectivity index (χ1v) is 7.42. The van der Waals surface area contributed by atoms with E-state index in [1.807, 2.05) is 0 Å². The Bertz CT molecular complexity index is 477. The van der Waals surface area contributed by atoms with Crippen LogP contribution in [0.25, 0.3) is 0 Å². The molecule has 2 rings (SSSR count). The highest BCUT2D eigenvalue weighted by Gasteiger charge is 2.20. The highest BCUT2D eigenvalue weighted by atomic mass is 35.5. The number of aliphatic hydroxyl groups is 1. The fraction of sp³-hybridized carbons (Fsp3) is 0.500. The van der Waals surface area contributed by atoms with Gasteiger partial charge in [0.1, 0.15) is 0 Å². The van der Waals surface area contributed by atoms with Crippen molar-refractivity contribution >= 4 is 34.7 Å². The third-order valence-electron chi connectivity index (χ3n) is 3.65. The molecule has 110 valence electrons. The number of hydrogen-bond donors (Lipinski definition) is 3. The Morgan fingerprint density at radius 1 is 1.25 bits per heavy atom. The Hall–Kier alpha value is -0.810. The van der Waals surface area contributed by atoms with E-state index < -0.39 is 0 Å². The number of rotatable bonds is 4. The van der Waals surface area contributed by atoms with Gasteiger partial charge in [-0.1, -0.05) is 23.2 Å². The summed E-state index contributed by atoms with van der Waals surface area (Å²) in [6.07, 6.45) is 3.14. The van der Waals surface area contributed by atoms with Crippen LogP contribution in [0.5, 0.6) is 0 Å². The summed E-state index contributed by atoms with van der Waals surface area (Å²) < 4.78 is 0. The molecule has 0 spiro atoms. The minimum absolute atomic E-state index is 0.0695. The van der Waals surface area contributed by atoms with Gasteiger partial charge in [-0.05, 0) is 37.8 Å². The van der Waals surface area contributed by atoms with Crippen LogP contribution in [0.3, 0.4) is 0 Å². The molecule has 20 heavy (non-hydrogen) atoms. The van der Waals surface area contributed by atoms with Crippen LogP contribution in [0.1, 0.15) is 36.0 Å². The highest BCUT2D eigenvalue weighted by Crippen LogP contribution is 2.29. The zero-order valence-corrected chi connectivity index (χ0v) is 12.5. The van der Waals surface area contributed by atoms with Crippen molar-refractivity contribution in [2.24, 2.45) is 0 Å². The summed E-state index contributed by atoms with van der Waals surface area (Å²) in [6.45, 7) is 0.233. The number of nitrogen functional groups attached to an aromatic ring is 1. The third kappa shape index (κ3) is 3.85. The van der Waals surface area contributed by atoms with Crippen LogP contribution in [0.4, 0.5) is 5.69 Å². The molecule has 6 heteroatoms. The summed E-state index contributed by atoms with van der Waals surface area (Å²) in [5.74, 6) is -0.0695. The number of benzene rings is 1. The molecule has 0 atom stereocenters. The van der Waals surface area contributed by atoms with Crippen molar-refractivity contribution in [3.8, 4) is 0 Å². The molecule has 1 aliphatic rings. The molecule has 0 bridgehead atoms. The Morgan fingerprint density at radius 2 is 1.80 bits per heavy atom. The lowest BCUT2D eigenvalue weighted by atomic mass is 9.93. The lowest BCUT2D eigenvalue weighted by molar-refractivity contribution is 0.0964. The van der Waals surface area contributed by atoms with Gasteiger partial charge in [0.25, 0.3) is 0 Å². The molecule has 0 saturated heterocycles. The van der Waals surface area contributed by atoms with Crippen LogP contribution in [0, 0.1) is 0 Å². The number of nitrogens with one attached hydrogen (secondary N) is 1. The molecule has 0 unspecified atom stereocenters. The van der Waals surface area contributed by atoms with Crippen molar-refractivity contribution in [1.82, 2.24) is 5.32 Å². The van der Waals surface area contributed by atoms with Gasteiger partial charge in [0.15, 0.2) is 5.78 Å². The van der Waals surface area contributed by atoms with Crippen molar-refractivity contribution in [1.29, 1.82) is 0 Å². The van der Waals surface area contributed by atoms with Crippen LogP contribution in [0.15, 0.2) is 12.1 Å². The number of aliphatic hydroxyl groups excluding tert-OH is 1. The van der Waals surface area contributed by atoms with Crippen LogP contribution >= 0.6 is 23.2 Å². The van der Waals surface area contributed by atoms with E-state index in [2.05, 4.69) is 5.32 Å². The first-order valence-electron chi connectivity index (χ1n) is 6.66. The summed E-state index contributed by atoms with van der Waals surface area (Å²) in [5.41, 5.74) is 6.39. The summed E-state index contributed by atoms with van der Waals surface area (Å²) in [5, 5.41) is 13.2. The third-order valence-corrected chi connectivity index (χ3v) is 4.27. The van der Waals surface area contributed by atoms with Crippen LogP contribution in [0.2, 0.25) is 10.0 Å². The number of ketones is 1. The summed E-state index contributed by atoms with van der Waals surface area (Å²) in [6, 6.07) is 3.36. The fourth-order valence-corrected chi connectivity index (χ4v) is 2.85. The zero-order valence-electron chi connectivity index (χ0n) is 11.0. The molecule has 0 amide bonds. The second-order valence-electron chi connectivity index (χ2n) is 5.16. The average Bonchev–Trinajstić information content (AvgIpc) is 2.43. The lowest BCUT2D eigenvalue weighted by Crippen LogP contribution is -2.37. The molecule has 0 aromatic heterocycles. The first kappa shape index (κ1) is 15.6. The second-order valence-corrected chi connectivity index (χ2v) is 5.98. The molecule has 4 N–H and O–H groups in total. The molecular formula is C14H18Cl2N2O2. The Balaban J connectivity index is 1.92. The van der Waals surface area contributed by atoms with Gasteiger partial charge in [-0.3, -0.25) is 4.79 Å². The van der Waals surface area contributed by atoms with Crippen LogP contribution in [-0.2, 0) is 0 Å². The first-order chi connectivity index (χ1) is 9.47. The minimum atomic E-state index is -0.196. The number of hydrogen-bond acceptors (Lipinski definition) is 4. The predicted molar refractivity (Wildman–Crippen MR) is 81.5 cm³/mol. The van der Waals surface area contributed by atoms with Gasteiger partial charge in [0.2, 0.25) is 0 Å². The van der Waals surface area contributed by atoms with Crippen LogP contribution < -0.4 is 11.1 Å². The number of Topliss-reactive ketones (excluding diaryl/α,β-unsaturated/α-hetero) is 1. The second kappa shape index (κ2) is 6.76. The topological polar surface area (TPSA) is 75.4 Å². The van der Waals surface area contributed by atoms with E-state index in [1.165, 1.54) is 12.1 Å². The monoisotopic (exact) mass is 316 g/mol. The quantitative estimate of drug-likeness (QED) is 0.589. The number of anilines is 1. The van der Waals surface area contributed by atoms with E-state index in [9.17, 15) is 9.90 Å². The highest BCUT2D eigenvalue weighted by molar-refractivity contribution is 6.39. The molecule has 1 saturated carbocycles. The van der Waals surface area contributed by atoms with Crippen molar-refractivity contribution in [2.45, 2.75) is 37.8 Å². The van der Waals surface area contributed by atoms with E-state index in [1.54, 1.807) is 0 Å². The van der Waals surface area contributed by atoms with Gasteiger partial charge >= 0.3 is 0 Å². The maximum absolute atomic E-state index is 12.1. The maximum atomic E-state index is 12.1. The molecule has 0 heterocycles. The zero-order chi connectivity index (χ0) is 14.7. The van der Waals surface area contributed by atoms with Gasteiger partial charge in [0, 0.05) is 11.6 Å². The van der Waals surface area contributed by atoms with E-state index in [4.69, 9.17) is 28.9 Å². The summed E-state index contributed by atoms with van der Waals surface area (Å²) >= 11 is 11.8. The molecule has 1 aliphatic carbocycles. The van der Waals surface area contributed by atoms with E-state index >= 15 is 0 Å². The Kier molecular flexibility index (Phi) is 5.27. The molecule has 4 nitrogen and oxygen atoms in total. The van der Waals surface area contributed by atoms with Gasteiger partial charge in [-0.15, -0.1) is 0 Å². The van der Waals surface area contributed by atoms with E-state index in [-0.39, 0.29) is 24.5 Å². The number of nitrogens with two attached hydrogens (primary N) is 1. The molecule has 1 aromatic rings. The predicted octanol–water partition coefficient (Wildman–Crippen LogP) is 2.65. The molecular weight excluding hydrogens is 299 g/mol. The largest absolute Gasteiger partial charge is 0.396 e. The summed E-state index contributed by atoms with van der Waals surface area (Å²) in [7, 11) is 0. The summed E-state index contributed by atoms with van der Waals surface area (Å²) in [4.78, 5) is 12.1. The molecule has 0 aliphatic heterocycles. The SMILES string of the molecule is Nc1c(Cl)cc(C(=O)CNC2CCC(O)CC2)cc1Cl. The van der Waals surface area contributed by atoms with Crippen molar-refractivity contribution in [3.63, 3.8) is 0 Å². The van der Waals surface area contributed by atoms with Gasteiger partial charge in [-0.25, -0.2) is 0 Å². The molecule has 1 fully saturated rings. The van der Waals surface area contributed by atoms with Crippen LogP contribution in [-0.4, -0.2) is 29.6 Å². The smallest absolute Gasteiger partial charge is 0.176 e. The van der Waals surface area contributed by atoms with E-state index in [0.29, 0.717) is 21.3 Å². The maximum Gasteiger partial charge on any atom is 0.176 e. The van der Waals surface area contributed by atoms with E-state index in [0.717, 1.165) is 25.7 Å². The van der Waals surface area contributed by atoms with Gasteiger partial charge in [0.05, 0.1) is 28.4 Å². The van der Waals surface area contributed by atoms with Crippen molar-refractivity contribution in [2.75, 3.05) is 12.3 Å². The minimum Gasteiger partial charge on any atom is -0.396 e. The average molecular weight is 317 g/mol. The molecule has 1 aromatic carbocycles. The Morgan fingerprint density at radius 3 is 2.35 bits per heavy atom. The molecule has 0 radical (unpaired) electrons. The number of carbonyl (C=O) groups excluding carboxylic acids is 1. The van der Waals surface area contributed by atoms with Crippen molar-refractivity contribution < 1.29 is 9.90 Å².